The fourth-order valence-electron chi connectivity index (χ4n) is 2.26. The lowest BCUT2D eigenvalue weighted by atomic mass is 10.1. The van der Waals surface area contributed by atoms with Gasteiger partial charge in [0, 0.05) is 18.7 Å². The van der Waals surface area contributed by atoms with Gasteiger partial charge < -0.3 is 10.3 Å². The fraction of sp³-hybridized carbons (Fsp3) is 0.636. The average Bonchev–Trinajstić information content (AvgIpc) is 2.78. The van der Waals surface area contributed by atoms with E-state index in [0.717, 1.165) is 30.4 Å². The maximum absolute atomic E-state index is 5.41. The van der Waals surface area contributed by atoms with Crippen LogP contribution in [0.5, 0.6) is 0 Å². The van der Waals surface area contributed by atoms with Crippen molar-refractivity contribution in [3.8, 4) is 0 Å². The fourth-order valence-corrected chi connectivity index (χ4v) is 2.26. The minimum atomic E-state index is 0.713. The SMILES string of the molecule is CCC1CCN(c2ncnc(NN)c2C)C1. The van der Waals surface area contributed by atoms with E-state index in [1.807, 2.05) is 6.92 Å². The molecule has 1 atom stereocenters. The van der Waals surface area contributed by atoms with Gasteiger partial charge in [0.15, 0.2) is 0 Å². The summed E-state index contributed by atoms with van der Waals surface area (Å²) in [7, 11) is 0. The first kappa shape index (κ1) is 11.1. The molecule has 2 heterocycles. The largest absolute Gasteiger partial charge is 0.356 e. The van der Waals surface area contributed by atoms with Gasteiger partial charge in [-0.15, -0.1) is 0 Å². The predicted octanol–water partition coefficient (Wildman–Crippen LogP) is 1.31. The van der Waals surface area contributed by atoms with E-state index >= 15 is 0 Å². The summed E-state index contributed by atoms with van der Waals surface area (Å²) in [4.78, 5) is 10.8. The van der Waals surface area contributed by atoms with Crippen LogP contribution in [0, 0.1) is 12.8 Å². The third-order valence-corrected chi connectivity index (χ3v) is 3.36. The van der Waals surface area contributed by atoms with Crippen LogP contribution in [0.3, 0.4) is 0 Å². The number of anilines is 2. The van der Waals surface area contributed by atoms with Crippen LogP contribution in [0.15, 0.2) is 6.33 Å². The number of nitrogen functional groups attached to an aromatic ring is 1. The molecule has 88 valence electrons. The van der Waals surface area contributed by atoms with Crippen molar-refractivity contribution in [2.45, 2.75) is 26.7 Å². The van der Waals surface area contributed by atoms with Crippen LogP contribution in [0.1, 0.15) is 25.3 Å². The Bertz CT molecular complexity index is 365. The van der Waals surface area contributed by atoms with Gasteiger partial charge in [0.05, 0.1) is 0 Å². The topological polar surface area (TPSA) is 67.1 Å². The van der Waals surface area contributed by atoms with E-state index in [0.29, 0.717) is 5.82 Å². The summed E-state index contributed by atoms with van der Waals surface area (Å²) >= 11 is 0. The van der Waals surface area contributed by atoms with Gasteiger partial charge in [-0.05, 0) is 19.3 Å². The monoisotopic (exact) mass is 221 g/mol. The van der Waals surface area contributed by atoms with Crippen molar-refractivity contribution < 1.29 is 0 Å². The molecule has 0 bridgehead atoms. The highest BCUT2D eigenvalue weighted by Crippen LogP contribution is 2.28. The molecule has 5 heteroatoms. The van der Waals surface area contributed by atoms with E-state index in [2.05, 4.69) is 27.2 Å². The van der Waals surface area contributed by atoms with E-state index in [4.69, 9.17) is 5.84 Å². The molecule has 0 amide bonds. The van der Waals surface area contributed by atoms with Gasteiger partial charge in [-0.2, -0.15) is 0 Å². The molecule has 1 aliphatic rings. The van der Waals surface area contributed by atoms with Gasteiger partial charge in [-0.1, -0.05) is 13.3 Å². The van der Waals surface area contributed by atoms with Gasteiger partial charge in [-0.3, -0.25) is 0 Å². The smallest absolute Gasteiger partial charge is 0.148 e. The Hall–Kier alpha value is -1.36. The number of nitrogens with zero attached hydrogens (tertiary/aromatic N) is 3. The van der Waals surface area contributed by atoms with Crippen LogP contribution >= 0.6 is 0 Å². The van der Waals surface area contributed by atoms with E-state index in [9.17, 15) is 0 Å². The summed E-state index contributed by atoms with van der Waals surface area (Å²) in [5, 5.41) is 0. The Balaban J connectivity index is 2.21. The van der Waals surface area contributed by atoms with E-state index in [1.54, 1.807) is 6.33 Å². The minimum Gasteiger partial charge on any atom is -0.356 e. The lowest BCUT2D eigenvalue weighted by Gasteiger charge is -2.20. The molecule has 3 N–H and O–H groups in total. The van der Waals surface area contributed by atoms with Crippen molar-refractivity contribution in [3.63, 3.8) is 0 Å². The highest BCUT2D eigenvalue weighted by molar-refractivity contribution is 5.57. The summed E-state index contributed by atoms with van der Waals surface area (Å²) in [5.41, 5.74) is 3.64. The molecule has 1 saturated heterocycles. The van der Waals surface area contributed by atoms with E-state index in [1.165, 1.54) is 12.8 Å². The number of hydrogen-bond acceptors (Lipinski definition) is 5. The van der Waals surface area contributed by atoms with Crippen LogP contribution in [-0.2, 0) is 0 Å². The third kappa shape index (κ3) is 1.95. The molecule has 1 fully saturated rings. The quantitative estimate of drug-likeness (QED) is 0.595. The number of nitrogens with one attached hydrogen (secondary N) is 1. The zero-order chi connectivity index (χ0) is 11.5. The first-order chi connectivity index (χ1) is 7.76. The molecule has 2 rings (SSSR count). The standard InChI is InChI=1S/C11H19N5/c1-3-9-4-5-16(6-9)11-8(2)10(15-12)13-7-14-11/h7,9H,3-6,12H2,1-2H3,(H,13,14,15). The van der Waals surface area contributed by atoms with Crippen molar-refractivity contribution in [3.05, 3.63) is 11.9 Å². The van der Waals surface area contributed by atoms with Crippen molar-refractivity contribution in [2.24, 2.45) is 11.8 Å². The zero-order valence-electron chi connectivity index (χ0n) is 9.90. The maximum atomic E-state index is 5.41. The second-order valence-electron chi connectivity index (χ2n) is 4.32. The number of hydrogen-bond donors (Lipinski definition) is 2. The first-order valence-corrected chi connectivity index (χ1v) is 5.79. The lowest BCUT2D eigenvalue weighted by Crippen LogP contribution is -2.23. The summed E-state index contributed by atoms with van der Waals surface area (Å²) in [6, 6.07) is 0. The summed E-state index contributed by atoms with van der Waals surface area (Å²) in [6.45, 7) is 6.43. The Kier molecular flexibility index (Phi) is 3.24. The molecule has 1 unspecified atom stereocenters. The van der Waals surface area contributed by atoms with Gasteiger partial charge in [0.1, 0.15) is 18.0 Å². The Morgan fingerprint density at radius 1 is 1.56 bits per heavy atom. The van der Waals surface area contributed by atoms with Crippen molar-refractivity contribution >= 4 is 11.6 Å². The van der Waals surface area contributed by atoms with Gasteiger partial charge in [0.2, 0.25) is 0 Å². The Labute approximate surface area is 96.0 Å². The minimum absolute atomic E-state index is 0.713. The molecule has 1 aromatic rings. The third-order valence-electron chi connectivity index (χ3n) is 3.36. The van der Waals surface area contributed by atoms with Crippen molar-refractivity contribution in [1.82, 2.24) is 9.97 Å². The highest BCUT2D eigenvalue weighted by Gasteiger charge is 2.23. The predicted molar refractivity (Wildman–Crippen MR) is 65.2 cm³/mol. The molecule has 1 aliphatic heterocycles. The van der Waals surface area contributed by atoms with Crippen molar-refractivity contribution in [2.75, 3.05) is 23.4 Å². The average molecular weight is 221 g/mol. The number of aromatic nitrogens is 2. The molecule has 5 nitrogen and oxygen atoms in total. The van der Waals surface area contributed by atoms with Gasteiger partial charge in [-0.25, -0.2) is 15.8 Å². The Morgan fingerprint density at radius 3 is 3.00 bits per heavy atom. The summed E-state index contributed by atoms with van der Waals surface area (Å²) < 4.78 is 0. The highest BCUT2D eigenvalue weighted by atomic mass is 15.3. The molecule has 16 heavy (non-hydrogen) atoms. The molecule has 0 radical (unpaired) electrons. The molecular formula is C11H19N5. The molecular weight excluding hydrogens is 202 g/mol. The second-order valence-corrected chi connectivity index (χ2v) is 4.32. The Morgan fingerprint density at radius 2 is 2.38 bits per heavy atom. The number of nitrogens with two attached hydrogens (primary N) is 1. The molecule has 0 spiro atoms. The first-order valence-electron chi connectivity index (χ1n) is 5.79. The van der Waals surface area contributed by atoms with Gasteiger partial charge >= 0.3 is 0 Å². The summed E-state index contributed by atoms with van der Waals surface area (Å²) in [5.74, 6) is 7.93. The molecule has 0 aliphatic carbocycles. The van der Waals surface area contributed by atoms with Crippen LogP contribution < -0.4 is 16.2 Å². The maximum Gasteiger partial charge on any atom is 0.148 e. The van der Waals surface area contributed by atoms with Crippen LogP contribution in [0.4, 0.5) is 11.6 Å². The molecule has 1 aromatic heterocycles. The second kappa shape index (κ2) is 4.65. The lowest BCUT2D eigenvalue weighted by molar-refractivity contribution is 0.568. The van der Waals surface area contributed by atoms with Crippen LogP contribution in [-0.4, -0.2) is 23.1 Å². The van der Waals surface area contributed by atoms with E-state index in [-0.39, 0.29) is 0 Å². The van der Waals surface area contributed by atoms with Crippen molar-refractivity contribution in [1.29, 1.82) is 0 Å². The number of hydrazine groups is 1. The number of rotatable bonds is 3. The van der Waals surface area contributed by atoms with Gasteiger partial charge in [0.25, 0.3) is 0 Å². The zero-order valence-corrected chi connectivity index (χ0v) is 9.90. The molecule has 0 aromatic carbocycles. The molecule has 0 saturated carbocycles. The normalized spacial score (nSPS) is 20.2. The van der Waals surface area contributed by atoms with Crippen LogP contribution in [0.25, 0.3) is 0 Å². The summed E-state index contributed by atoms with van der Waals surface area (Å²) in [6.07, 6.45) is 4.06. The van der Waals surface area contributed by atoms with E-state index < -0.39 is 0 Å². The van der Waals surface area contributed by atoms with Crippen LogP contribution in [0.2, 0.25) is 0 Å².